The zero-order chi connectivity index (χ0) is 13.1. The molecule has 1 saturated heterocycles. The van der Waals surface area contributed by atoms with Crippen molar-refractivity contribution in [1.29, 1.82) is 0 Å². The van der Waals surface area contributed by atoms with E-state index < -0.39 is 0 Å². The van der Waals surface area contributed by atoms with Crippen molar-refractivity contribution in [2.24, 2.45) is 11.8 Å². The normalized spacial score (nSPS) is 29.3. The molecule has 2 heteroatoms. The second-order valence-electron chi connectivity index (χ2n) is 6.22. The van der Waals surface area contributed by atoms with Crippen LogP contribution in [0.15, 0.2) is 28.7 Å². The lowest BCUT2D eigenvalue weighted by atomic mass is 9.69. The number of hydrogen-bond donors (Lipinski definition) is 1. The lowest BCUT2D eigenvalue weighted by Gasteiger charge is -2.39. The Bertz CT molecular complexity index is 411. The molecule has 1 heterocycles. The molecule has 0 spiro atoms. The topological polar surface area (TPSA) is 12.0 Å². The number of piperidine rings is 1. The van der Waals surface area contributed by atoms with E-state index in [0.717, 1.165) is 18.4 Å². The maximum atomic E-state index is 3.62. The van der Waals surface area contributed by atoms with E-state index in [-0.39, 0.29) is 0 Å². The predicted molar refractivity (Wildman–Crippen MR) is 84.4 cm³/mol. The van der Waals surface area contributed by atoms with Crippen molar-refractivity contribution in [1.82, 2.24) is 5.32 Å². The minimum atomic E-state index is 0.717. The van der Waals surface area contributed by atoms with E-state index in [4.69, 9.17) is 0 Å². The summed E-state index contributed by atoms with van der Waals surface area (Å²) in [5.74, 6) is 2.59. The lowest BCUT2D eigenvalue weighted by Crippen LogP contribution is -2.39. The van der Waals surface area contributed by atoms with E-state index in [1.165, 1.54) is 55.1 Å². The van der Waals surface area contributed by atoms with Crippen LogP contribution in [0.5, 0.6) is 0 Å². The highest BCUT2D eigenvalue weighted by Gasteiger charge is 2.33. The Labute approximate surface area is 125 Å². The number of halogens is 1. The Hall–Kier alpha value is -0.340. The van der Waals surface area contributed by atoms with Crippen LogP contribution >= 0.6 is 15.9 Å². The van der Waals surface area contributed by atoms with Crippen LogP contribution in [0.3, 0.4) is 0 Å². The molecule has 2 unspecified atom stereocenters. The van der Waals surface area contributed by atoms with Gasteiger partial charge in [-0.1, -0.05) is 60.2 Å². The monoisotopic (exact) mass is 321 g/mol. The fraction of sp³-hybridized carbons (Fsp3) is 0.647. The SMILES string of the molecule is Brc1cccc(C2CNCCC2C2CCCCC2)c1. The number of rotatable bonds is 2. The third-order valence-electron chi connectivity index (χ3n) is 5.07. The van der Waals surface area contributed by atoms with Gasteiger partial charge in [-0.25, -0.2) is 0 Å². The maximum Gasteiger partial charge on any atom is 0.0178 e. The van der Waals surface area contributed by atoms with Gasteiger partial charge in [0.2, 0.25) is 0 Å². The van der Waals surface area contributed by atoms with Crippen LogP contribution in [0.4, 0.5) is 0 Å². The second kappa shape index (κ2) is 6.41. The van der Waals surface area contributed by atoms with Crippen LogP contribution in [0.25, 0.3) is 0 Å². The minimum Gasteiger partial charge on any atom is -0.316 e. The Balaban J connectivity index is 1.80. The highest BCUT2D eigenvalue weighted by molar-refractivity contribution is 9.10. The molecular weight excluding hydrogens is 298 g/mol. The van der Waals surface area contributed by atoms with Gasteiger partial charge in [-0.05, 0) is 48.4 Å². The fourth-order valence-corrected chi connectivity index (χ4v) is 4.52. The molecule has 0 aromatic heterocycles. The van der Waals surface area contributed by atoms with Gasteiger partial charge in [-0.2, -0.15) is 0 Å². The largest absolute Gasteiger partial charge is 0.316 e. The lowest BCUT2D eigenvalue weighted by molar-refractivity contribution is 0.178. The molecule has 1 saturated carbocycles. The molecule has 1 nitrogen and oxygen atoms in total. The molecule has 0 bridgehead atoms. The predicted octanol–water partition coefficient (Wildman–Crippen LogP) is 4.72. The molecule has 2 atom stereocenters. The third kappa shape index (κ3) is 3.22. The molecule has 2 aliphatic rings. The van der Waals surface area contributed by atoms with Gasteiger partial charge < -0.3 is 5.32 Å². The first-order valence-electron chi connectivity index (χ1n) is 7.81. The standard InChI is InChI=1S/C17H24BrN/c18-15-8-4-7-14(11-15)17-12-19-10-9-16(17)13-5-2-1-3-6-13/h4,7-8,11,13,16-17,19H,1-3,5-6,9-10,12H2. The summed E-state index contributed by atoms with van der Waals surface area (Å²) in [5.41, 5.74) is 1.53. The quantitative estimate of drug-likeness (QED) is 0.830. The zero-order valence-corrected chi connectivity index (χ0v) is 13.2. The fourth-order valence-electron chi connectivity index (χ4n) is 4.11. The summed E-state index contributed by atoms with van der Waals surface area (Å²) in [6.45, 7) is 2.38. The molecule has 1 aliphatic heterocycles. The average molecular weight is 322 g/mol. The van der Waals surface area contributed by atoms with Crippen LogP contribution in [0.2, 0.25) is 0 Å². The molecule has 19 heavy (non-hydrogen) atoms. The molecule has 2 fully saturated rings. The van der Waals surface area contributed by atoms with Gasteiger partial charge in [0.25, 0.3) is 0 Å². The third-order valence-corrected chi connectivity index (χ3v) is 5.56. The summed E-state index contributed by atoms with van der Waals surface area (Å²) in [6.07, 6.45) is 8.68. The van der Waals surface area contributed by atoms with E-state index in [1.54, 1.807) is 0 Å². The van der Waals surface area contributed by atoms with E-state index in [1.807, 2.05) is 0 Å². The van der Waals surface area contributed by atoms with Crippen molar-refractivity contribution in [2.75, 3.05) is 13.1 Å². The summed E-state index contributed by atoms with van der Waals surface area (Å²) < 4.78 is 1.22. The van der Waals surface area contributed by atoms with Gasteiger partial charge in [0.05, 0.1) is 0 Å². The van der Waals surface area contributed by atoms with Crippen LogP contribution < -0.4 is 5.32 Å². The zero-order valence-electron chi connectivity index (χ0n) is 11.6. The maximum absolute atomic E-state index is 3.62. The highest BCUT2D eigenvalue weighted by atomic mass is 79.9. The first-order valence-corrected chi connectivity index (χ1v) is 8.60. The molecular formula is C17H24BrN. The van der Waals surface area contributed by atoms with Crippen molar-refractivity contribution in [2.45, 2.75) is 44.4 Å². The summed E-state index contributed by atoms with van der Waals surface area (Å²) in [5, 5.41) is 3.61. The summed E-state index contributed by atoms with van der Waals surface area (Å²) in [7, 11) is 0. The molecule has 3 rings (SSSR count). The average Bonchev–Trinajstić information content (AvgIpc) is 2.48. The van der Waals surface area contributed by atoms with Gasteiger partial charge in [0, 0.05) is 11.0 Å². The van der Waals surface area contributed by atoms with E-state index in [2.05, 4.69) is 45.5 Å². The molecule has 1 aromatic carbocycles. The molecule has 1 aliphatic carbocycles. The van der Waals surface area contributed by atoms with Gasteiger partial charge in [-0.15, -0.1) is 0 Å². The first kappa shape index (κ1) is 13.6. The van der Waals surface area contributed by atoms with Crippen molar-refractivity contribution in [3.8, 4) is 0 Å². The molecule has 1 aromatic rings. The van der Waals surface area contributed by atoms with Gasteiger partial charge in [0.15, 0.2) is 0 Å². The molecule has 0 amide bonds. The van der Waals surface area contributed by atoms with E-state index in [9.17, 15) is 0 Å². The Morgan fingerprint density at radius 1 is 1.05 bits per heavy atom. The smallest absolute Gasteiger partial charge is 0.0178 e. The summed E-state index contributed by atoms with van der Waals surface area (Å²) in [6, 6.07) is 8.97. The minimum absolute atomic E-state index is 0.717. The molecule has 1 N–H and O–H groups in total. The number of benzene rings is 1. The summed E-state index contributed by atoms with van der Waals surface area (Å²) >= 11 is 3.62. The Kier molecular flexibility index (Phi) is 4.60. The molecule has 104 valence electrons. The van der Waals surface area contributed by atoms with Crippen LogP contribution in [-0.2, 0) is 0 Å². The van der Waals surface area contributed by atoms with E-state index in [0.29, 0.717) is 5.92 Å². The summed E-state index contributed by atoms with van der Waals surface area (Å²) in [4.78, 5) is 0. The van der Waals surface area contributed by atoms with Gasteiger partial charge in [0.1, 0.15) is 0 Å². The van der Waals surface area contributed by atoms with Crippen LogP contribution in [0.1, 0.15) is 50.0 Å². The van der Waals surface area contributed by atoms with Crippen LogP contribution in [-0.4, -0.2) is 13.1 Å². The highest BCUT2D eigenvalue weighted by Crippen LogP contribution is 2.41. The van der Waals surface area contributed by atoms with Crippen molar-refractivity contribution < 1.29 is 0 Å². The second-order valence-corrected chi connectivity index (χ2v) is 7.13. The van der Waals surface area contributed by atoms with Crippen molar-refractivity contribution in [3.63, 3.8) is 0 Å². The first-order chi connectivity index (χ1) is 9.34. The van der Waals surface area contributed by atoms with Crippen molar-refractivity contribution >= 4 is 15.9 Å². The van der Waals surface area contributed by atoms with E-state index >= 15 is 0 Å². The number of hydrogen-bond acceptors (Lipinski definition) is 1. The Morgan fingerprint density at radius 3 is 2.68 bits per heavy atom. The van der Waals surface area contributed by atoms with Crippen LogP contribution in [0, 0.1) is 11.8 Å². The van der Waals surface area contributed by atoms with Gasteiger partial charge in [-0.3, -0.25) is 0 Å². The number of nitrogens with one attached hydrogen (secondary N) is 1. The van der Waals surface area contributed by atoms with Gasteiger partial charge >= 0.3 is 0 Å². The Morgan fingerprint density at radius 2 is 1.89 bits per heavy atom. The molecule has 0 radical (unpaired) electrons. The van der Waals surface area contributed by atoms with Crippen molar-refractivity contribution in [3.05, 3.63) is 34.3 Å².